The monoisotopic (exact) mass is 461 g/mol. The van der Waals surface area contributed by atoms with Crippen molar-refractivity contribution in [2.24, 2.45) is 0 Å². The van der Waals surface area contributed by atoms with Gasteiger partial charge in [0.25, 0.3) is 15.9 Å². The van der Waals surface area contributed by atoms with Crippen molar-refractivity contribution in [2.75, 3.05) is 24.4 Å². The number of amides is 1. The van der Waals surface area contributed by atoms with Crippen LogP contribution in [0.15, 0.2) is 47.4 Å². The van der Waals surface area contributed by atoms with Crippen LogP contribution in [0.5, 0.6) is 0 Å². The van der Waals surface area contributed by atoms with Gasteiger partial charge < -0.3 is 10.2 Å². The van der Waals surface area contributed by atoms with Crippen LogP contribution in [-0.2, 0) is 10.0 Å². The van der Waals surface area contributed by atoms with Gasteiger partial charge in [0.15, 0.2) is 0 Å². The summed E-state index contributed by atoms with van der Waals surface area (Å²) in [6.45, 7) is 6.79. The lowest BCUT2D eigenvalue weighted by molar-refractivity contribution is 0.0950. The Hall–Kier alpha value is -2.45. The molecule has 0 bridgehead atoms. The molecule has 0 radical (unpaired) electrons. The highest BCUT2D eigenvalue weighted by molar-refractivity contribution is 7.92. The first kappa shape index (κ1) is 24.2. The molecule has 0 aliphatic carbocycles. The fraction of sp³-hybridized carbons (Fsp3) is 0.458. The molecule has 2 N–H and O–H groups in total. The average molecular weight is 462 g/mol. The largest absolute Gasteiger partial charge is 0.352 e. The van der Waals surface area contributed by atoms with Crippen molar-refractivity contribution in [1.29, 1.82) is 0 Å². The van der Waals surface area contributed by atoms with E-state index in [-0.39, 0.29) is 16.5 Å². The van der Waals surface area contributed by atoms with Crippen LogP contribution in [0.1, 0.15) is 54.9 Å². The zero-order chi connectivity index (χ0) is 23.1. The first-order valence-electron chi connectivity index (χ1n) is 11.2. The van der Waals surface area contributed by atoms with Crippen LogP contribution in [-0.4, -0.2) is 44.9 Å². The minimum Gasteiger partial charge on any atom is -0.352 e. The summed E-state index contributed by atoms with van der Waals surface area (Å²) >= 11 is 0. The SMILES string of the molecule is Cc1ccc(S(=O)(=O)Nc2ccc(F)cc2)cc1C(=O)NCCCCN1CCCCC1C. The molecule has 3 rings (SSSR count). The summed E-state index contributed by atoms with van der Waals surface area (Å²) in [4.78, 5) is 15.2. The number of hydrogen-bond donors (Lipinski definition) is 2. The quantitative estimate of drug-likeness (QED) is 0.545. The van der Waals surface area contributed by atoms with E-state index in [4.69, 9.17) is 0 Å². The van der Waals surface area contributed by atoms with E-state index in [9.17, 15) is 17.6 Å². The second-order valence-electron chi connectivity index (χ2n) is 8.43. The smallest absolute Gasteiger partial charge is 0.261 e. The van der Waals surface area contributed by atoms with Crippen molar-refractivity contribution in [3.8, 4) is 0 Å². The molecular weight excluding hydrogens is 429 g/mol. The molecule has 6 nitrogen and oxygen atoms in total. The minimum absolute atomic E-state index is 0.0170. The molecule has 174 valence electrons. The Balaban J connectivity index is 1.56. The maximum atomic E-state index is 13.1. The molecule has 1 unspecified atom stereocenters. The van der Waals surface area contributed by atoms with Gasteiger partial charge in [0.1, 0.15) is 5.82 Å². The lowest BCUT2D eigenvalue weighted by atomic mass is 10.0. The number of unbranched alkanes of at least 4 members (excludes halogenated alkanes) is 1. The lowest BCUT2D eigenvalue weighted by Gasteiger charge is -2.33. The molecule has 1 heterocycles. The van der Waals surface area contributed by atoms with Crippen molar-refractivity contribution in [3.63, 3.8) is 0 Å². The Kier molecular flexibility index (Phi) is 8.26. The van der Waals surface area contributed by atoms with Gasteiger partial charge in [-0.15, -0.1) is 0 Å². The molecule has 1 aliphatic rings. The van der Waals surface area contributed by atoms with E-state index in [0.29, 0.717) is 23.7 Å². The van der Waals surface area contributed by atoms with Gasteiger partial charge in [0, 0.05) is 23.8 Å². The van der Waals surface area contributed by atoms with Gasteiger partial charge in [0.2, 0.25) is 0 Å². The maximum absolute atomic E-state index is 13.1. The molecule has 2 aromatic carbocycles. The zero-order valence-electron chi connectivity index (χ0n) is 18.7. The number of rotatable bonds is 9. The summed E-state index contributed by atoms with van der Waals surface area (Å²) in [6.07, 6.45) is 5.71. The number of halogens is 1. The van der Waals surface area contributed by atoms with E-state index in [1.54, 1.807) is 13.0 Å². The Morgan fingerprint density at radius 2 is 1.88 bits per heavy atom. The fourth-order valence-electron chi connectivity index (χ4n) is 3.97. The normalized spacial score (nSPS) is 17.2. The number of nitrogens with zero attached hydrogens (tertiary/aromatic N) is 1. The van der Waals surface area contributed by atoms with Gasteiger partial charge in [0.05, 0.1) is 4.90 Å². The highest BCUT2D eigenvalue weighted by atomic mass is 32.2. The number of piperidine rings is 1. The summed E-state index contributed by atoms with van der Waals surface area (Å²) in [5, 5.41) is 2.91. The molecule has 2 aromatic rings. The Morgan fingerprint density at radius 3 is 2.59 bits per heavy atom. The maximum Gasteiger partial charge on any atom is 0.261 e. The number of benzene rings is 2. The predicted octanol–water partition coefficient (Wildman–Crippen LogP) is 4.32. The van der Waals surface area contributed by atoms with E-state index < -0.39 is 15.8 Å². The molecule has 1 aliphatic heterocycles. The minimum atomic E-state index is -3.90. The number of nitrogens with one attached hydrogen (secondary N) is 2. The average Bonchev–Trinajstić information content (AvgIpc) is 2.76. The molecule has 0 spiro atoms. The lowest BCUT2D eigenvalue weighted by Crippen LogP contribution is -2.38. The standard InChI is InChI=1S/C24H32FN3O3S/c1-18-8-13-22(32(30,31)27-21-11-9-20(25)10-12-21)17-23(18)24(29)26-14-4-6-16-28-15-5-3-7-19(28)2/h8-13,17,19,27H,3-7,14-16H2,1-2H3,(H,26,29). The van der Waals surface area contributed by atoms with Crippen molar-refractivity contribution in [2.45, 2.75) is 56.9 Å². The van der Waals surface area contributed by atoms with Crippen molar-refractivity contribution < 1.29 is 17.6 Å². The number of carbonyl (C=O) groups excluding carboxylic acids is 1. The van der Waals surface area contributed by atoms with E-state index in [0.717, 1.165) is 25.9 Å². The molecule has 1 fully saturated rings. The highest BCUT2D eigenvalue weighted by Crippen LogP contribution is 2.20. The summed E-state index contributed by atoms with van der Waals surface area (Å²) < 4.78 is 40.9. The van der Waals surface area contributed by atoms with Crippen LogP contribution in [0, 0.1) is 12.7 Å². The van der Waals surface area contributed by atoms with Crippen LogP contribution in [0.3, 0.4) is 0 Å². The second kappa shape index (κ2) is 10.9. The van der Waals surface area contributed by atoms with Crippen LogP contribution in [0.25, 0.3) is 0 Å². The first-order valence-corrected chi connectivity index (χ1v) is 12.7. The van der Waals surface area contributed by atoms with E-state index in [2.05, 4.69) is 21.9 Å². The Labute approximate surface area is 190 Å². The van der Waals surface area contributed by atoms with Gasteiger partial charge in [-0.3, -0.25) is 9.52 Å². The van der Waals surface area contributed by atoms with E-state index in [1.165, 1.54) is 55.7 Å². The van der Waals surface area contributed by atoms with E-state index >= 15 is 0 Å². The molecule has 1 amide bonds. The van der Waals surface area contributed by atoms with Crippen LogP contribution >= 0.6 is 0 Å². The van der Waals surface area contributed by atoms with Gasteiger partial charge in [-0.25, -0.2) is 12.8 Å². The summed E-state index contributed by atoms with van der Waals surface area (Å²) in [6, 6.07) is 10.1. The highest BCUT2D eigenvalue weighted by Gasteiger charge is 2.19. The molecule has 32 heavy (non-hydrogen) atoms. The predicted molar refractivity (Wildman–Crippen MR) is 125 cm³/mol. The molecule has 1 atom stereocenters. The zero-order valence-corrected chi connectivity index (χ0v) is 19.6. The van der Waals surface area contributed by atoms with Gasteiger partial charge in [-0.05, 0) is 94.6 Å². The molecule has 0 aromatic heterocycles. The number of sulfonamides is 1. The molecule has 1 saturated heterocycles. The Morgan fingerprint density at radius 1 is 1.12 bits per heavy atom. The Bertz CT molecular complexity index is 1030. The van der Waals surface area contributed by atoms with Crippen LogP contribution in [0.2, 0.25) is 0 Å². The number of likely N-dealkylation sites (tertiary alicyclic amines) is 1. The van der Waals surface area contributed by atoms with Gasteiger partial charge >= 0.3 is 0 Å². The molecule has 0 saturated carbocycles. The van der Waals surface area contributed by atoms with Crippen LogP contribution in [0.4, 0.5) is 10.1 Å². The fourth-order valence-corrected chi connectivity index (χ4v) is 5.06. The first-order chi connectivity index (χ1) is 15.3. The number of aryl methyl sites for hydroxylation is 1. The third-order valence-electron chi connectivity index (χ3n) is 5.96. The summed E-state index contributed by atoms with van der Waals surface area (Å²) in [5.41, 5.74) is 1.28. The molecule has 8 heteroatoms. The van der Waals surface area contributed by atoms with Crippen molar-refractivity contribution in [1.82, 2.24) is 10.2 Å². The van der Waals surface area contributed by atoms with Gasteiger partial charge in [-0.2, -0.15) is 0 Å². The number of carbonyl (C=O) groups is 1. The van der Waals surface area contributed by atoms with E-state index in [1.807, 2.05) is 0 Å². The summed E-state index contributed by atoms with van der Waals surface area (Å²) in [7, 11) is -3.90. The molecular formula is C24H32FN3O3S. The van der Waals surface area contributed by atoms with Crippen molar-refractivity contribution in [3.05, 3.63) is 59.4 Å². The third-order valence-corrected chi connectivity index (χ3v) is 7.34. The number of anilines is 1. The second-order valence-corrected chi connectivity index (χ2v) is 10.1. The van der Waals surface area contributed by atoms with Crippen molar-refractivity contribution >= 4 is 21.6 Å². The van der Waals surface area contributed by atoms with Crippen LogP contribution < -0.4 is 10.0 Å². The third kappa shape index (κ3) is 6.53. The topological polar surface area (TPSA) is 78.5 Å². The number of hydrogen-bond acceptors (Lipinski definition) is 4. The summed E-state index contributed by atoms with van der Waals surface area (Å²) in [5.74, 6) is -0.736. The van der Waals surface area contributed by atoms with Gasteiger partial charge in [-0.1, -0.05) is 12.5 Å².